The molecule has 0 radical (unpaired) electrons. The van der Waals surface area contributed by atoms with Gasteiger partial charge in [0.1, 0.15) is 0 Å². The van der Waals surface area contributed by atoms with Gasteiger partial charge in [0, 0.05) is 29.6 Å². The van der Waals surface area contributed by atoms with Crippen LogP contribution in [0.15, 0.2) is 28.7 Å². The van der Waals surface area contributed by atoms with Crippen LogP contribution in [0.1, 0.15) is 13.3 Å². The Bertz CT molecular complexity index is 396. The molecule has 1 aromatic rings. The second kappa shape index (κ2) is 6.04. The van der Waals surface area contributed by atoms with E-state index >= 15 is 0 Å². The van der Waals surface area contributed by atoms with Crippen molar-refractivity contribution in [3.05, 3.63) is 28.7 Å². The van der Waals surface area contributed by atoms with Crippen LogP contribution in [0.3, 0.4) is 0 Å². The monoisotopic (exact) mass is 311 g/mol. The number of hydrogen-bond donors (Lipinski definition) is 1. The summed E-state index contributed by atoms with van der Waals surface area (Å²) in [5.74, 6) is 0. The summed E-state index contributed by atoms with van der Waals surface area (Å²) in [6, 6.07) is 9.48. The summed E-state index contributed by atoms with van der Waals surface area (Å²) in [6.45, 7) is 5.22. The van der Waals surface area contributed by atoms with Gasteiger partial charge in [-0.25, -0.2) is 0 Å². The molecule has 0 amide bonds. The zero-order valence-corrected chi connectivity index (χ0v) is 12.7. The first kappa shape index (κ1) is 13.8. The van der Waals surface area contributed by atoms with Crippen LogP contribution in [-0.4, -0.2) is 43.7 Å². The minimum Gasteiger partial charge on any atom is -0.362 e. The molecular weight excluding hydrogens is 290 g/mol. The minimum absolute atomic E-state index is 0.502. The Hall–Kier alpha value is -0.580. The molecule has 1 saturated heterocycles. The van der Waals surface area contributed by atoms with Crippen molar-refractivity contribution in [2.45, 2.75) is 25.4 Å². The minimum atomic E-state index is 0.502. The molecule has 1 aliphatic heterocycles. The summed E-state index contributed by atoms with van der Waals surface area (Å²) < 4.78 is 1.17. The number of hydrogen-bond acceptors (Lipinski definition) is 3. The molecule has 0 aliphatic carbocycles. The van der Waals surface area contributed by atoms with Crippen molar-refractivity contribution >= 4 is 21.6 Å². The molecule has 2 atom stereocenters. The number of piperazine rings is 1. The van der Waals surface area contributed by atoms with Gasteiger partial charge in [0.15, 0.2) is 0 Å². The van der Waals surface area contributed by atoms with E-state index in [1.54, 1.807) is 0 Å². The largest absolute Gasteiger partial charge is 0.362 e. The highest BCUT2D eigenvalue weighted by Crippen LogP contribution is 2.31. The fraction of sp³-hybridized carbons (Fsp3) is 0.571. The molecule has 2 unspecified atom stereocenters. The number of benzene rings is 1. The van der Waals surface area contributed by atoms with Crippen molar-refractivity contribution in [2.75, 3.05) is 31.6 Å². The van der Waals surface area contributed by atoms with Crippen LogP contribution in [-0.2, 0) is 0 Å². The maximum atomic E-state index is 5.77. The van der Waals surface area contributed by atoms with Gasteiger partial charge in [-0.2, -0.15) is 0 Å². The Morgan fingerprint density at radius 2 is 2.06 bits per heavy atom. The summed E-state index contributed by atoms with van der Waals surface area (Å²) in [5, 5.41) is 0. The zero-order valence-electron chi connectivity index (χ0n) is 11.1. The van der Waals surface area contributed by atoms with Crippen molar-refractivity contribution in [1.82, 2.24) is 4.90 Å². The van der Waals surface area contributed by atoms with E-state index in [1.807, 2.05) is 0 Å². The average molecular weight is 312 g/mol. The van der Waals surface area contributed by atoms with E-state index in [0.29, 0.717) is 12.1 Å². The number of likely N-dealkylation sites (N-methyl/N-ethyl adjacent to an activating group) is 1. The smallest absolute Gasteiger partial charge is 0.0516 e. The molecule has 100 valence electrons. The first-order chi connectivity index (χ1) is 8.63. The molecular formula is C14H22BrN3. The maximum absolute atomic E-state index is 5.77. The molecule has 1 aromatic carbocycles. The van der Waals surface area contributed by atoms with Crippen molar-refractivity contribution in [3.8, 4) is 0 Å². The Morgan fingerprint density at radius 3 is 2.72 bits per heavy atom. The van der Waals surface area contributed by atoms with Gasteiger partial charge in [-0.05, 0) is 55.0 Å². The molecule has 4 heteroatoms. The molecule has 18 heavy (non-hydrogen) atoms. The van der Waals surface area contributed by atoms with Crippen molar-refractivity contribution in [2.24, 2.45) is 5.73 Å². The number of rotatable bonds is 3. The third-order valence-electron chi connectivity index (χ3n) is 3.60. The average Bonchev–Trinajstić information content (AvgIpc) is 2.31. The van der Waals surface area contributed by atoms with Gasteiger partial charge >= 0.3 is 0 Å². The fourth-order valence-electron chi connectivity index (χ4n) is 2.94. The van der Waals surface area contributed by atoms with Crippen LogP contribution < -0.4 is 10.6 Å². The Kier molecular flexibility index (Phi) is 4.65. The first-order valence-corrected chi connectivity index (χ1v) is 7.34. The van der Waals surface area contributed by atoms with Crippen molar-refractivity contribution in [1.29, 1.82) is 0 Å². The molecule has 0 saturated carbocycles. The fourth-order valence-corrected chi connectivity index (χ4v) is 3.43. The summed E-state index contributed by atoms with van der Waals surface area (Å²) in [6.07, 6.45) is 1.04. The molecule has 0 aromatic heterocycles. The summed E-state index contributed by atoms with van der Waals surface area (Å²) in [4.78, 5) is 4.93. The van der Waals surface area contributed by atoms with Gasteiger partial charge in [-0.1, -0.05) is 12.1 Å². The van der Waals surface area contributed by atoms with E-state index in [9.17, 15) is 0 Å². The van der Waals surface area contributed by atoms with E-state index in [1.165, 1.54) is 10.2 Å². The van der Waals surface area contributed by atoms with Gasteiger partial charge < -0.3 is 15.5 Å². The SMILES string of the molecule is CC1CN(C)CC(CCN)N1c1ccccc1Br. The molecule has 2 rings (SSSR count). The predicted molar refractivity (Wildman–Crippen MR) is 81.0 cm³/mol. The standard InChI is InChI=1S/C14H22BrN3/c1-11-9-17(2)10-12(7-8-16)18(11)14-6-4-3-5-13(14)15/h3-6,11-12H,7-10,16H2,1-2H3. The highest BCUT2D eigenvalue weighted by atomic mass is 79.9. The van der Waals surface area contributed by atoms with Crippen LogP contribution in [0.2, 0.25) is 0 Å². The summed E-state index contributed by atoms with van der Waals surface area (Å²) in [5.41, 5.74) is 7.06. The maximum Gasteiger partial charge on any atom is 0.0516 e. The lowest BCUT2D eigenvalue weighted by Crippen LogP contribution is -2.57. The Morgan fingerprint density at radius 1 is 1.33 bits per heavy atom. The van der Waals surface area contributed by atoms with Crippen molar-refractivity contribution < 1.29 is 0 Å². The Labute approximate surface area is 118 Å². The van der Waals surface area contributed by atoms with Crippen LogP contribution >= 0.6 is 15.9 Å². The van der Waals surface area contributed by atoms with Gasteiger partial charge in [0.25, 0.3) is 0 Å². The van der Waals surface area contributed by atoms with E-state index in [-0.39, 0.29) is 0 Å². The number of nitrogens with zero attached hydrogens (tertiary/aromatic N) is 2. The number of nitrogens with two attached hydrogens (primary N) is 1. The summed E-state index contributed by atoms with van der Waals surface area (Å²) >= 11 is 3.67. The van der Waals surface area contributed by atoms with Gasteiger partial charge in [-0.3, -0.25) is 0 Å². The van der Waals surface area contributed by atoms with Crippen LogP contribution in [0.5, 0.6) is 0 Å². The quantitative estimate of drug-likeness (QED) is 0.929. The van der Waals surface area contributed by atoms with Crippen LogP contribution in [0.25, 0.3) is 0 Å². The number of anilines is 1. The van der Waals surface area contributed by atoms with E-state index < -0.39 is 0 Å². The third-order valence-corrected chi connectivity index (χ3v) is 4.27. The zero-order chi connectivity index (χ0) is 13.1. The molecule has 1 heterocycles. The van der Waals surface area contributed by atoms with Crippen LogP contribution in [0, 0.1) is 0 Å². The molecule has 1 fully saturated rings. The molecule has 0 spiro atoms. The normalized spacial score (nSPS) is 25.4. The third kappa shape index (κ3) is 2.87. The second-order valence-electron chi connectivity index (χ2n) is 5.16. The number of para-hydroxylation sites is 1. The lowest BCUT2D eigenvalue weighted by atomic mass is 10.0. The Balaban J connectivity index is 2.29. The molecule has 3 nitrogen and oxygen atoms in total. The molecule has 0 bridgehead atoms. The van der Waals surface area contributed by atoms with Gasteiger partial charge in [-0.15, -0.1) is 0 Å². The predicted octanol–water partition coefficient (Wildman–Crippen LogP) is 2.31. The second-order valence-corrected chi connectivity index (χ2v) is 6.01. The van der Waals surface area contributed by atoms with Crippen LogP contribution in [0.4, 0.5) is 5.69 Å². The van der Waals surface area contributed by atoms with Gasteiger partial charge in [0.05, 0.1) is 5.69 Å². The molecule has 2 N–H and O–H groups in total. The van der Waals surface area contributed by atoms with Gasteiger partial charge in [0.2, 0.25) is 0 Å². The summed E-state index contributed by atoms with van der Waals surface area (Å²) in [7, 11) is 2.19. The topological polar surface area (TPSA) is 32.5 Å². The van der Waals surface area contributed by atoms with E-state index in [4.69, 9.17) is 5.73 Å². The van der Waals surface area contributed by atoms with Crippen molar-refractivity contribution in [3.63, 3.8) is 0 Å². The lowest BCUT2D eigenvalue weighted by molar-refractivity contribution is 0.227. The first-order valence-electron chi connectivity index (χ1n) is 6.55. The highest BCUT2D eigenvalue weighted by Gasteiger charge is 2.30. The highest BCUT2D eigenvalue weighted by molar-refractivity contribution is 9.10. The van der Waals surface area contributed by atoms with E-state index in [0.717, 1.165) is 26.1 Å². The molecule has 1 aliphatic rings. The number of halogens is 1. The lowest BCUT2D eigenvalue weighted by Gasteiger charge is -2.46. The van der Waals surface area contributed by atoms with E-state index in [2.05, 4.69) is 64.0 Å².